The van der Waals surface area contributed by atoms with Crippen molar-refractivity contribution in [3.05, 3.63) is 85.2 Å². The molecule has 2 aromatic carbocycles. The Balaban J connectivity index is 1.79. The Morgan fingerprint density at radius 2 is 2.00 bits per heavy atom. The number of rotatable bonds is 4. The van der Waals surface area contributed by atoms with E-state index >= 15 is 0 Å². The molecule has 0 amide bonds. The van der Waals surface area contributed by atoms with E-state index in [1.807, 2.05) is 17.5 Å². The van der Waals surface area contributed by atoms with Crippen LogP contribution in [0.2, 0.25) is 5.02 Å². The lowest BCUT2D eigenvalue weighted by molar-refractivity contribution is -0.385. The summed E-state index contributed by atoms with van der Waals surface area (Å²) in [5.74, 6) is -0.527. The van der Waals surface area contributed by atoms with Crippen LogP contribution in [0.4, 0.5) is 5.69 Å². The summed E-state index contributed by atoms with van der Waals surface area (Å²) in [5.41, 5.74) is 0.786. The smallest absolute Gasteiger partial charge is 0.311 e. The maximum Gasteiger partial charge on any atom is 0.311 e. The van der Waals surface area contributed by atoms with Crippen molar-refractivity contribution < 1.29 is 10.0 Å². The normalized spacial score (nSPS) is 11.3. The molecule has 0 saturated heterocycles. The number of hydrogen-bond donors (Lipinski definition) is 1. The summed E-state index contributed by atoms with van der Waals surface area (Å²) in [5, 5.41) is 27.8. The summed E-state index contributed by atoms with van der Waals surface area (Å²) in [6.07, 6.45) is 2.43. The largest absolute Gasteiger partial charge is 0.502 e. The molecule has 0 atom stereocenters. The molecule has 0 aliphatic heterocycles. The Kier molecular flexibility index (Phi) is 4.83. The van der Waals surface area contributed by atoms with Crippen molar-refractivity contribution in [3.8, 4) is 16.9 Å². The molecule has 0 radical (unpaired) electrons. The molecule has 2 heterocycles. The van der Waals surface area contributed by atoms with Crippen LogP contribution in [0.25, 0.3) is 21.3 Å². The third-order valence-corrected chi connectivity index (χ3v) is 5.34. The maximum absolute atomic E-state index is 13.0. The number of hydrogen-bond acceptors (Lipinski definition) is 7. The topological polar surface area (TPSA) is 111 Å². The fourth-order valence-electron chi connectivity index (χ4n) is 2.77. The van der Waals surface area contributed by atoms with Crippen LogP contribution in [0.15, 0.2) is 64.1 Å². The number of fused-ring (bicyclic) bond motifs is 1. The first-order valence-corrected chi connectivity index (χ1v) is 9.47. The lowest BCUT2D eigenvalue weighted by atomic mass is 10.1. The van der Waals surface area contributed by atoms with Gasteiger partial charge in [-0.3, -0.25) is 14.9 Å². The van der Waals surface area contributed by atoms with Gasteiger partial charge in [0.15, 0.2) is 0 Å². The van der Waals surface area contributed by atoms with Crippen LogP contribution in [0.3, 0.4) is 0 Å². The number of nitro benzene ring substituents is 1. The van der Waals surface area contributed by atoms with Crippen LogP contribution in [0, 0.1) is 10.1 Å². The van der Waals surface area contributed by atoms with E-state index in [1.165, 1.54) is 42.1 Å². The van der Waals surface area contributed by atoms with Gasteiger partial charge in [-0.1, -0.05) is 29.8 Å². The second-order valence-corrected chi connectivity index (χ2v) is 7.24. The van der Waals surface area contributed by atoms with Gasteiger partial charge in [0, 0.05) is 27.6 Å². The number of phenols is 1. The van der Waals surface area contributed by atoms with Crippen LogP contribution in [0.1, 0.15) is 5.56 Å². The van der Waals surface area contributed by atoms with Crippen molar-refractivity contribution in [2.75, 3.05) is 0 Å². The highest BCUT2D eigenvalue weighted by Gasteiger charge is 2.16. The molecular formula is C19H11ClN4O4S. The van der Waals surface area contributed by atoms with Gasteiger partial charge in [0.2, 0.25) is 5.75 Å². The zero-order valence-electron chi connectivity index (χ0n) is 14.5. The van der Waals surface area contributed by atoms with E-state index in [9.17, 15) is 20.0 Å². The number of benzene rings is 2. The Morgan fingerprint density at radius 3 is 2.72 bits per heavy atom. The van der Waals surface area contributed by atoms with E-state index in [4.69, 9.17) is 11.6 Å². The van der Waals surface area contributed by atoms with Gasteiger partial charge in [-0.25, -0.2) is 4.98 Å². The van der Waals surface area contributed by atoms with Crippen LogP contribution < -0.4 is 5.56 Å². The van der Waals surface area contributed by atoms with Gasteiger partial charge in [0.1, 0.15) is 11.2 Å². The number of phenolic OH excluding ortho intramolecular Hbond substituents is 1. The van der Waals surface area contributed by atoms with Crippen LogP contribution in [0.5, 0.6) is 5.75 Å². The van der Waals surface area contributed by atoms with E-state index in [0.29, 0.717) is 20.8 Å². The number of para-hydroxylation sites is 1. The molecule has 1 N–H and O–H groups in total. The number of thiophene rings is 1. The number of aromatic hydroxyl groups is 1. The highest BCUT2D eigenvalue weighted by atomic mass is 35.5. The molecule has 8 nitrogen and oxygen atoms in total. The van der Waals surface area contributed by atoms with E-state index in [-0.39, 0.29) is 5.56 Å². The molecule has 10 heteroatoms. The van der Waals surface area contributed by atoms with Gasteiger partial charge >= 0.3 is 5.69 Å². The summed E-state index contributed by atoms with van der Waals surface area (Å²) >= 11 is 7.27. The number of aromatic nitrogens is 2. The van der Waals surface area contributed by atoms with Crippen molar-refractivity contribution in [2.24, 2.45) is 5.10 Å². The molecule has 29 heavy (non-hydrogen) atoms. The van der Waals surface area contributed by atoms with Gasteiger partial charge in [-0.15, -0.1) is 11.3 Å². The third kappa shape index (κ3) is 3.48. The van der Waals surface area contributed by atoms with Crippen molar-refractivity contribution >= 4 is 45.1 Å². The zero-order valence-corrected chi connectivity index (χ0v) is 16.1. The van der Waals surface area contributed by atoms with Crippen LogP contribution >= 0.6 is 22.9 Å². The first-order valence-electron chi connectivity index (χ1n) is 8.21. The van der Waals surface area contributed by atoms with E-state index in [2.05, 4.69) is 10.1 Å². The Morgan fingerprint density at radius 1 is 1.24 bits per heavy atom. The lowest BCUT2D eigenvalue weighted by Gasteiger charge is -2.02. The van der Waals surface area contributed by atoms with Crippen molar-refractivity contribution in [3.63, 3.8) is 0 Å². The molecular weight excluding hydrogens is 416 g/mol. The Labute approximate surface area is 172 Å². The third-order valence-electron chi connectivity index (χ3n) is 4.20. The summed E-state index contributed by atoms with van der Waals surface area (Å²) in [6, 6.07) is 11.1. The molecule has 0 aliphatic rings. The zero-order chi connectivity index (χ0) is 20.5. The molecule has 144 valence electrons. The molecule has 4 aromatic rings. The molecule has 0 unspecified atom stereocenters. The number of nitrogens with zero attached hydrogens (tertiary/aromatic N) is 4. The summed E-state index contributed by atoms with van der Waals surface area (Å²) in [4.78, 5) is 28.0. The van der Waals surface area contributed by atoms with E-state index in [1.54, 1.807) is 12.1 Å². The minimum absolute atomic E-state index is 0.106. The van der Waals surface area contributed by atoms with Crippen molar-refractivity contribution in [2.45, 2.75) is 0 Å². The lowest BCUT2D eigenvalue weighted by Crippen LogP contribution is -2.16. The second-order valence-electron chi connectivity index (χ2n) is 5.95. The van der Waals surface area contributed by atoms with Gasteiger partial charge in [0.25, 0.3) is 5.56 Å². The van der Waals surface area contributed by atoms with E-state index in [0.717, 1.165) is 10.2 Å². The summed E-state index contributed by atoms with van der Waals surface area (Å²) < 4.78 is 1.02. The van der Waals surface area contributed by atoms with Gasteiger partial charge in [-0.2, -0.15) is 9.78 Å². The maximum atomic E-state index is 13.0. The SMILES string of the molecule is O=c1c2c(-c3ccc(Cl)cc3)csc2ncn1/N=C/c1cccc([N+](=O)[O-])c1O. The molecule has 0 saturated carbocycles. The van der Waals surface area contributed by atoms with Crippen molar-refractivity contribution in [1.29, 1.82) is 0 Å². The highest BCUT2D eigenvalue weighted by molar-refractivity contribution is 7.17. The first-order chi connectivity index (χ1) is 14.0. The average Bonchev–Trinajstić information content (AvgIpc) is 3.14. The van der Waals surface area contributed by atoms with Gasteiger partial charge in [-0.05, 0) is 23.8 Å². The van der Waals surface area contributed by atoms with Crippen LogP contribution in [-0.4, -0.2) is 25.9 Å². The quantitative estimate of drug-likeness (QED) is 0.297. The number of halogens is 1. The fraction of sp³-hybridized carbons (Fsp3) is 0. The van der Waals surface area contributed by atoms with Crippen LogP contribution in [-0.2, 0) is 0 Å². The molecule has 2 aromatic heterocycles. The molecule has 0 fully saturated rings. The Hall–Kier alpha value is -3.56. The monoisotopic (exact) mass is 426 g/mol. The minimum atomic E-state index is -0.698. The average molecular weight is 427 g/mol. The molecule has 4 rings (SSSR count). The van der Waals surface area contributed by atoms with Crippen molar-refractivity contribution in [1.82, 2.24) is 9.66 Å². The molecule has 0 bridgehead atoms. The Bertz CT molecular complexity index is 1330. The van der Waals surface area contributed by atoms with E-state index < -0.39 is 21.9 Å². The predicted molar refractivity (Wildman–Crippen MR) is 112 cm³/mol. The highest BCUT2D eigenvalue weighted by Crippen LogP contribution is 2.31. The standard InChI is InChI=1S/C19H11ClN4O4S/c20-13-6-4-11(5-7-13)14-9-29-18-16(14)19(26)23(10-21-18)22-8-12-2-1-3-15(17(12)25)24(27)28/h1-10,25H/b22-8+. The van der Waals surface area contributed by atoms with Gasteiger partial charge in [0.05, 0.1) is 16.5 Å². The molecule has 0 aliphatic carbocycles. The minimum Gasteiger partial charge on any atom is -0.502 e. The second kappa shape index (κ2) is 7.46. The predicted octanol–water partition coefficient (Wildman–Crippen LogP) is 4.27. The molecule has 0 spiro atoms. The fourth-order valence-corrected chi connectivity index (χ4v) is 3.80. The first kappa shape index (κ1) is 18.8. The van der Waals surface area contributed by atoms with Gasteiger partial charge < -0.3 is 5.11 Å². The number of nitro groups is 1. The summed E-state index contributed by atoms with van der Waals surface area (Å²) in [7, 11) is 0. The summed E-state index contributed by atoms with van der Waals surface area (Å²) in [6.45, 7) is 0.